The lowest BCUT2D eigenvalue weighted by Crippen LogP contribution is -2.43. The highest BCUT2D eigenvalue weighted by atomic mass is 35.5. The van der Waals surface area contributed by atoms with Crippen LogP contribution in [0.25, 0.3) is 0 Å². The first-order valence-electron chi connectivity index (χ1n) is 5.21. The number of hydrogen-bond acceptors (Lipinski definition) is 3. The largest absolute Gasteiger partial charge is 0.350 e. The lowest BCUT2D eigenvalue weighted by Gasteiger charge is -2.33. The highest BCUT2D eigenvalue weighted by Crippen LogP contribution is 2.30. The first-order chi connectivity index (χ1) is 8.00. The van der Waals surface area contributed by atoms with Crippen molar-refractivity contribution < 1.29 is 8.78 Å². The van der Waals surface area contributed by atoms with Gasteiger partial charge in [0.25, 0.3) is 5.92 Å². The monoisotopic (exact) mass is 257 g/mol. The molecular formula is C11H10ClF2N3. The average Bonchev–Trinajstić information content (AvgIpc) is 2.27. The molecule has 0 radical (unpaired) electrons. The number of anilines is 1. The van der Waals surface area contributed by atoms with Crippen LogP contribution >= 0.6 is 11.6 Å². The van der Waals surface area contributed by atoms with Crippen molar-refractivity contribution in [2.45, 2.75) is 18.8 Å². The fraction of sp³-hybridized carbons (Fsp3) is 0.455. The maximum Gasteiger partial charge on any atom is 0.265 e. The third-order valence-electron chi connectivity index (χ3n) is 2.63. The molecule has 0 atom stereocenters. The second-order valence-corrected chi connectivity index (χ2v) is 4.42. The summed E-state index contributed by atoms with van der Waals surface area (Å²) < 4.78 is 26.5. The van der Waals surface area contributed by atoms with E-state index in [4.69, 9.17) is 16.9 Å². The second-order valence-electron chi connectivity index (χ2n) is 4.03. The highest BCUT2D eigenvalue weighted by Gasteiger charge is 2.35. The van der Waals surface area contributed by atoms with Gasteiger partial charge in [0.05, 0.1) is 18.2 Å². The summed E-state index contributed by atoms with van der Waals surface area (Å²) in [7, 11) is 0. The van der Waals surface area contributed by atoms with Gasteiger partial charge in [0.2, 0.25) is 0 Å². The number of hydrogen-bond donors (Lipinski definition) is 0. The molecule has 0 unspecified atom stereocenters. The zero-order valence-corrected chi connectivity index (χ0v) is 9.71. The van der Waals surface area contributed by atoms with Crippen molar-refractivity contribution in [3.63, 3.8) is 0 Å². The molecule has 1 aromatic heterocycles. The van der Waals surface area contributed by atoms with E-state index < -0.39 is 5.92 Å². The smallest absolute Gasteiger partial charge is 0.265 e. The molecule has 0 N–H and O–H groups in total. The summed E-state index contributed by atoms with van der Waals surface area (Å²) in [4.78, 5) is 5.45. The van der Waals surface area contributed by atoms with Crippen LogP contribution in [0.5, 0.6) is 0 Å². The summed E-state index contributed by atoms with van der Waals surface area (Å²) >= 11 is 5.74. The van der Waals surface area contributed by atoms with Gasteiger partial charge in [0, 0.05) is 13.0 Å². The van der Waals surface area contributed by atoms with Crippen LogP contribution in [0, 0.1) is 11.3 Å². The van der Waals surface area contributed by atoms with E-state index in [1.54, 1.807) is 0 Å². The molecule has 6 heteroatoms. The molecule has 3 nitrogen and oxygen atoms in total. The minimum atomic E-state index is -2.70. The molecule has 0 aromatic carbocycles. The SMILES string of the molecule is N#Cc1cc(Cl)nc(N2CCCC(F)(F)C2)c1. The van der Waals surface area contributed by atoms with Gasteiger partial charge in [-0.2, -0.15) is 5.26 Å². The molecule has 17 heavy (non-hydrogen) atoms. The Balaban J connectivity index is 2.28. The van der Waals surface area contributed by atoms with Crippen LogP contribution in [0.4, 0.5) is 14.6 Å². The highest BCUT2D eigenvalue weighted by molar-refractivity contribution is 6.29. The number of pyridine rings is 1. The molecule has 0 spiro atoms. The van der Waals surface area contributed by atoms with Gasteiger partial charge in [-0.1, -0.05) is 11.6 Å². The van der Waals surface area contributed by atoms with E-state index in [1.165, 1.54) is 17.0 Å². The van der Waals surface area contributed by atoms with Gasteiger partial charge in [-0.15, -0.1) is 0 Å². The summed E-state index contributed by atoms with van der Waals surface area (Å²) in [6.07, 6.45) is 0.304. The average molecular weight is 258 g/mol. The molecule has 2 rings (SSSR count). The summed E-state index contributed by atoms with van der Waals surface area (Å²) in [5.41, 5.74) is 0.328. The van der Waals surface area contributed by atoms with Gasteiger partial charge in [0.1, 0.15) is 11.0 Å². The zero-order valence-electron chi connectivity index (χ0n) is 8.96. The third kappa shape index (κ3) is 2.83. The molecular weight excluding hydrogens is 248 g/mol. The molecule has 1 aromatic rings. The maximum absolute atomic E-state index is 13.3. The molecule has 0 aliphatic carbocycles. The molecule has 1 aliphatic heterocycles. The van der Waals surface area contributed by atoms with E-state index in [-0.39, 0.29) is 18.1 Å². The molecule has 0 amide bonds. The van der Waals surface area contributed by atoms with Crippen molar-refractivity contribution >= 4 is 17.4 Å². The van der Waals surface area contributed by atoms with Gasteiger partial charge < -0.3 is 4.90 Å². The van der Waals surface area contributed by atoms with Gasteiger partial charge >= 0.3 is 0 Å². The lowest BCUT2D eigenvalue weighted by molar-refractivity contribution is -0.0118. The van der Waals surface area contributed by atoms with Crippen LogP contribution in [-0.2, 0) is 0 Å². The molecule has 1 aliphatic rings. The van der Waals surface area contributed by atoms with Crippen LogP contribution in [0.15, 0.2) is 12.1 Å². The van der Waals surface area contributed by atoms with Crippen LogP contribution in [-0.4, -0.2) is 24.0 Å². The van der Waals surface area contributed by atoms with Crippen molar-refractivity contribution in [3.8, 4) is 6.07 Å². The number of aromatic nitrogens is 1. The number of piperidine rings is 1. The van der Waals surface area contributed by atoms with E-state index in [0.29, 0.717) is 24.3 Å². The van der Waals surface area contributed by atoms with Crippen molar-refractivity contribution in [2.75, 3.05) is 18.0 Å². The predicted molar refractivity (Wildman–Crippen MR) is 60.4 cm³/mol. The Kier molecular flexibility index (Phi) is 3.16. The Hall–Kier alpha value is -1.41. The fourth-order valence-corrected chi connectivity index (χ4v) is 2.08. The van der Waals surface area contributed by atoms with Crippen molar-refractivity contribution in [2.24, 2.45) is 0 Å². The number of halogens is 3. The molecule has 1 saturated heterocycles. The Morgan fingerprint density at radius 2 is 2.24 bits per heavy atom. The minimum Gasteiger partial charge on any atom is -0.350 e. The first kappa shape index (κ1) is 12.1. The van der Waals surface area contributed by atoms with Crippen LogP contribution < -0.4 is 4.90 Å². The zero-order chi connectivity index (χ0) is 12.5. The quantitative estimate of drug-likeness (QED) is 0.727. The third-order valence-corrected chi connectivity index (χ3v) is 2.82. The van der Waals surface area contributed by atoms with Gasteiger partial charge in [0.15, 0.2) is 0 Å². The van der Waals surface area contributed by atoms with Crippen molar-refractivity contribution in [3.05, 3.63) is 22.8 Å². The summed E-state index contributed by atoms with van der Waals surface area (Å²) in [5.74, 6) is -2.36. The predicted octanol–water partition coefficient (Wildman–Crippen LogP) is 2.84. The number of rotatable bonds is 1. The molecule has 90 valence electrons. The maximum atomic E-state index is 13.3. The van der Waals surface area contributed by atoms with Crippen molar-refractivity contribution in [1.29, 1.82) is 5.26 Å². The number of alkyl halides is 2. The van der Waals surface area contributed by atoms with Crippen LogP contribution in [0.2, 0.25) is 5.15 Å². The Bertz CT molecular complexity index is 470. The van der Waals surface area contributed by atoms with Gasteiger partial charge in [-0.3, -0.25) is 0 Å². The Morgan fingerprint density at radius 1 is 1.47 bits per heavy atom. The Morgan fingerprint density at radius 3 is 2.88 bits per heavy atom. The second kappa shape index (κ2) is 4.46. The Labute approximate surface area is 103 Å². The molecule has 0 bridgehead atoms. The normalized spacial score (nSPS) is 18.8. The van der Waals surface area contributed by atoms with Crippen LogP contribution in [0.1, 0.15) is 18.4 Å². The van der Waals surface area contributed by atoms with Crippen LogP contribution in [0.3, 0.4) is 0 Å². The van der Waals surface area contributed by atoms with E-state index in [9.17, 15) is 8.78 Å². The van der Waals surface area contributed by atoms with E-state index >= 15 is 0 Å². The molecule has 0 saturated carbocycles. The fourth-order valence-electron chi connectivity index (χ4n) is 1.87. The van der Waals surface area contributed by atoms with E-state index in [1.807, 2.05) is 6.07 Å². The number of nitrogens with zero attached hydrogens (tertiary/aromatic N) is 3. The lowest BCUT2D eigenvalue weighted by atomic mass is 10.1. The minimum absolute atomic E-state index is 0.102. The van der Waals surface area contributed by atoms with E-state index in [2.05, 4.69) is 4.98 Å². The first-order valence-corrected chi connectivity index (χ1v) is 5.58. The summed E-state index contributed by atoms with van der Waals surface area (Å²) in [6.45, 7) is 0.138. The van der Waals surface area contributed by atoms with Gasteiger partial charge in [-0.25, -0.2) is 13.8 Å². The van der Waals surface area contributed by atoms with Crippen molar-refractivity contribution in [1.82, 2.24) is 4.98 Å². The molecule has 1 fully saturated rings. The van der Waals surface area contributed by atoms with E-state index in [0.717, 1.165) is 0 Å². The topological polar surface area (TPSA) is 39.9 Å². The van der Waals surface area contributed by atoms with Gasteiger partial charge in [-0.05, 0) is 18.6 Å². The standard InChI is InChI=1S/C11H10ClF2N3/c12-9-4-8(6-15)5-10(16-9)17-3-1-2-11(13,14)7-17/h4-5H,1-3,7H2. The summed E-state index contributed by atoms with van der Waals surface area (Å²) in [5, 5.41) is 8.93. The summed E-state index contributed by atoms with van der Waals surface area (Å²) in [6, 6.07) is 4.82. The molecule has 2 heterocycles. The number of nitriles is 1.